The standard InChI is InChI=1S/C20H18F2N2O2S/c1-3-24(2)20(25)18-12-27-19(23-18)13-6-4-7-14(10-13)26-11-15-16(21)8-5-9-17(15)22/h4-10,12H,3,11H2,1-2H3. The van der Waals surface area contributed by atoms with E-state index in [9.17, 15) is 13.6 Å². The van der Waals surface area contributed by atoms with Crippen LogP contribution in [0, 0.1) is 11.6 Å². The molecule has 0 saturated heterocycles. The highest BCUT2D eigenvalue weighted by atomic mass is 32.1. The smallest absolute Gasteiger partial charge is 0.273 e. The van der Waals surface area contributed by atoms with E-state index in [1.165, 1.54) is 29.5 Å². The minimum absolute atomic E-state index is 0.118. The first-order chi connectivity index (χ1) is 13.0. The van der Waals surface area contributed by atoms with Gasteiger partial charge < -0.3 is 9.64 Å². The van der Waals surface area contributed by atoms with Crippen molar-refractivity contribution in [3.05, 3.63) is 70.7 Å². The molecule has 3 aromatic rings. The number of ether oxygens (including phenoxy) is 1. The van der Waals surface area contributed by atoms with Gasteiger partial charge in [-0.3, -0.25) is 4.79 Å². The molecule has 1 aromatic heterocycles. The number of benzene rings is 2. The van der Waals surface area contributed by atoms with Gasteiger partial charge in [-0.25, -0.2) is 13.8 Å². The summed E-state index contributed by atoms with van der Waals surface area (Å²) in [4.78, 5) is 18.2. The van der Waals surface area contributed by atoms with Gasteiger partial charge >= 0.3 is 0 Å². The molecule has 0 atom stereocenters. The zero-order valence-electron chi connectivity index (χ0n) is 14.9. The van der Waals surface area contributed by atoms with Crippen molar-refractivity contribution >= 4 is 17.2 Å². The minimum atomic E-state index is -0.644. The van der Waals surface area contributed by atoms with E-state index >= 15 is 0 Å². The predicted octanol–water partition coefficient (Wildman–Crippen LogP) is 4.76. The SMILES string of the molecule is CCN(C)C(=O)c1csc(-c2cccc(OCc3c(F)cccc3F)c2)n1. The molecular formula is C20H18F2N2O2S. The van der Waals surface area contributed by atoms with Crippen LogP contribution in [0.25, 0.3) is 10.6 Å². The average Bonchev–Trinajstić information content (AvgIpc) is 3.17. The fourth-order valence-corrected chi connectivity index (χ4v) is 3.18. The highest BCUT2D eigenvalue weighted by Crippen LogP contribution is 2.28. The van der Waals surface area contributed by atoms with E-state index in [0.717, 1.165) is 5.56 Å². The summed E-state index contributed by atoms with van der Waals surface area (Å²) in [5, 5.41) is 2.39. The highest BCUT2D eigenvalue weighted by molar-refractivity contribution is 7.13. The Morgan fingerprint density at radius 3 is 2.59 bits per heavy atom. The normalized spacial score (nSPS) is 10.7. The maximum atomic E-state index is 13.7. The van der Waals surface area contributed by atoms with Crippen LogP contribution in [0.2, 0.25) is 0 Å². The maximum Gasteiger partial charge on any atom is 0.273 e. The van der Waals surface area contributed by atoms with Gasteiger partial charge in [-0.1, -0.05) is 18.2 Å². The van der Waals surface area contributed by atoms with Gasteiger partial charge in [0.05, 0.1) is 5.56 Å². The Morgan fingerprint density at radius 1 is 1.19 bits per heavy atom. The van der Waals surface area contributed by atoms with E-state index in [2.05, 4.69) is 4.98 Å². The molecule has 140 valence electrons. The fraction of sp³-hybridized carbons (Fsp3) is 0.200. The lowest BCUT2D eigenvalue weighted by atomic mass is 10.2. The molecule has 1 amide bonds. The third-order valence-corrected chi connectivity index (χ3v) is 4.96. The summed E-state index contributed by atoms with van der Waals surface area (Å²) in [5.41, 5.74) is 1.04. The molecule has 0 aliphatic carbocycles. The third kappa shape index (κ3) is 4.31. The molecule has 7 heteroatoms. The second-order valence-corrected chi connectivity index (χ2v) is 6.73. The first kappa shape index (κ1) is 19.0. The van der Waals surface area contributed by atoms with Crippen molar-refractivity contribution in [3.8, 4) is 16.3 Å². The fourth-order valence-electron chi connectivity index (χ4n) is 2.39. The number of hydrogen-bond donors (Lipinski definition) is 0. The highest BCUT2D eigenvalue weighted by Gasteiger charge is 2.15. The summed E-state index contributed by atoms with van der Waals surface area (Å²) in [5.74, 6) is -0.963. The van der Waals surface area contributed by atoms with Crippen LogP contribution >= 0.6 is 11.3 Å². The summed E-state index contributed by atoms with van der Waals surface area (Å²) >= 11 is 1.35. The van der Waals surface area contributed by atoms with Crippen molar-refractivity contribution in [3.63, 3.8) is 0 Å². The Hall–Kier alpha value is -2.80. The van der Waals surface area contributed by atoms with Crippen molar-refractivity contribution in [2.75, 3.05) is 13.6 Å². The molecular weight excluding hydrogens is 370 g/mol. The van der Waals surface area contributed by atoms with Crippen molar-refractivity contribution in [2.45, 2.75) is 13.5 Å². The first-order valence-electron chi connectivity index (χ1n) is 8.36. The molecule has 0 saturated carbocycles. The molecule has 0 aliphatic heterocycles. The van der Waals surface area contributed by atoms with Crippen LogP contribution in [0.3, 0.4) is 0 Å². The van der Waals surface area contributed by atoms with Gasteiger partial charge in [0, 0.05) is 24.5 Å². The molecule has 27 heavy (non-hydrogen) atoms. The topological polar surface area (TPSA) is 42.4 Å². The number of aromatic nitrogens is 1. The van der Waals surface area contributed by atoms with Gasteiger partial charge in [0.2, 0.25) is 0 Å². The zero-order valence-corrected chi connectivity index (χ0v) is 15.7. The maximum absolute atomic E-state index is 13.7. The van der Waals surface area contributed by atoms with Crippen LogP contribution in [-0.4, -0.2) is 29.4 Å². The average molecular weight is 388 g/mol. The quantitative estimate of drug-likeness (QED) is 0.611. The molecule has 0 aliphatic rings. The van der Waals surface area contributed by atoms with E-state index in [1.807, 2.05) is 13.0 Å². The van der Waals surface area contributed by atoms with Gasteiger partial charge in [-0.05, 0) is 31.2 Å². The van der Waals surface area contributed by atoms with E-state index in [4.69, 9.17) is 4.74 Å². The largest absolute Gasteiger partial charge is 0.489 e. The Labute approximate surface area is 160 Å². The Bertz CT molecular complexity index is 938. The Kier molecular flexibility index (Phi) is 5.81. The van der Waals surface area contributed by atoms with Gasteiger partial charge in [-0.2, -0.15) is 0 Å². The van der Waals surface area contributed by atoms with Crippen LogP contribution in [0.15, 0.2) is 47.8 Å². The van der Waals surface area contributed by atoms with Gasteiger partial charge in [0.1, 0.15) is 34.7 Å². The molecule has 0 spiro atoms. The van der Waals surface area contributed by atoms with Crippen LogP contribution < -0.4 is 4.74 Å². The lowest BCUT2D eigenvalue weighted by molar-refractivity contribution is 0.0797. The van der Waals surface area contributed by atoms with E-state index in [1.54, 1.807) is 35.5 Å². The molecule has 0 radical (unpaired) electrons. The Morgan fingerprint density at radius 2 is 1.89 bits per heavy atom. The summed E-state index contributed by atoms with van der Waals surface area (Å²) in [6.07, 6.45) is 0. The van der Waals surface area contributed by atoms with Crippen molar-refractivity contribution in [2.24, 2.45) is 0 Å². The molecule has 3 rings (SSSR count). The number of thiazole rings is 1. The number of amides is 1. The monoisotopic (exact) mass is 388 g/mol. The predicted molar refractivity (Wildman–Crippen MR) is 101 cm³/mol. The number of rotatable bonds is 6. The lowest BCUT2D eigenvalue weighted by Gasteiger charge is -2.11. The summed E-state index contributed by atoms with van der Waals surface area (Å²) in [7, 11) is 1.72. The molecule has 0 unspecified atom stereocenters. The van der Waals surface area contributed by atoms with Crippen LogP contribution in [0.1, 0.15) is 23.0 Å². The molecule has 2 aromatic carbocycles. The molecule has 1 heterocycles. The molecule has 4 nitrogen and oxygen atoms in total. The van der Waals surface area contributed by atoms with Gasteiger partial charge in [0.25, 0.3) is 5.91 Å². The molecule has 0 N–H and O–H groups in total. The molecule has 0 fully saturated rings. The van der Waals surface area contributed by atoms with Gasteiger partial charge in [-0.15, -0.1) is 11.3 Å². The van der Waals surface area contributed by atoms with Crippen molar-refractivity contribution in [1.82, 2.24) is 9.88 Å². The summed E-state index contributed by atoms with van der Waals surface area (Å²) < 4.78 is 33.0. The van der Waals surface area contributed by atoms with E-state index < -0.39 is 11.6 Å². The van der Waals surface area contributed by atoms with Crippen molar-refractivity contribution in [1.29, 1.82) is 0 Å². The third-order valence-electron chi connectivity index (χ3n) is 4.07. The second-order valence-electron chi connectivity index (χ2n) is 5.87. The zero-order chi connectivity index (χ0) is 19.4. The number of nitrogens with zero attached hydrogens (tertiary/aromatic N) is 2. The first-order valence-corrected chi connectivity index (χ1v) is 9.24. The van der Waals surface area contributed by atoms with Gasteiger partial charge in [0.15, 0.2) is 0 Å². The van der Waals surface area contributed by atoms with Crippen molar-refractivity contribution < 1.29 is 18.3 Å². The number of halogens is 2. The van der Waals surface area contributed by atoms with E-state index in [-0.39, 0.29) is 18.1 Å². The lowest BCUT2D eigenvalue weighted by Crippen LogP contribution is -2.26. The summed E-state index contributed by atoms with van der Waals surface area (Å²) in [6.45, 7) is 2.27. The number of carbonyl (C=O) groups excluding carboxylic acids is 1. The second kappa shape index (κ2) is 8.26. The summed E-state index contributed by atoms with van der Waals surface area (Å²) in [6, 6.07) is 10.7. The minimum Gasteiger partial charge on any atom is -0.489 e. The number of carbonyl (C=O) groups is 1. The number of hydrogen-bond acceptors (Lipinski definition) is 4. The van der Waals surface area contributed by atoms with Crippen LogP contribution in [-0.2, 0) is 6.61 Å². The van der Waals surface area contributed by atoms with E-state index in [0.29, 0.717) is 23.0 Å². The molecule has 0 bridgehead atoms. The Balaban J connectivity index is 1.76. The van der Waals surface area contributed by atoms with Crippen LogP contribution in [0.4, 0.5) is 8.78 Å². The van der Waals surface area contributed by atoms with Crippen LogP contribution in [0.5, 0.6) is 5.75 Å².